The molecule has 0 aliphatic carbocycles. The molecular formula is C19H22N6. The van der Waals surface area contributed by atoms with E-state index in [4.69, 9.17) is 0 Å². The number of benzene rings is 2. The Labute approximate surface area is 147 Å². The lowest BCUT2D eigenvalue weighted by Crippen LogP contribution is -2.08. The van der Waals surface area contributed by atoms with Crippen LogP contribution < -0.4 is 15.5 Å². The second-order valence-electron chi connectivity index (χ2n) is 6.17. The molecule has 0 bridgehead atoms. The molecule has 0 unspecified atom stereocenters. The van der Waals surface area contributed by atoms with Gasteiger partial charge in [-0.3, -0.25) is 0 Å². The normalized spacial score (nSPS) is 10.4. The molecule has 3 rings (SSSR count). The van der Waals surface area contributed by atoms with Gasteiger partial charge in [0, 0.05) is 31.2 Å². The van der Waals surface area contributed by atoms with Crippen LogP contribution in [0.25, 0.3) is 0 Å². The Kier molecular flexibility index (Phi) is 4.79. The monoisotopic (exact) mass is 334 g/mol. The van der Waals surface area contributed by atoms with E-state index < -0.39 is 0 Å². The first-order chi connectivity index (χ1) is 12.0. The lowest BCUT2D eigenvalue weighted by molar-refractivity contribution is 0.981. The Bertz CT molecular complexity index is 858. The van der Waals surface area contributed by atoms with Crippen molar-refractivity contribution in [2.75, 3.05) is 29.6 Å². The summed E-state index contributed by atoms with van der Waals surface area (Å²) in [4.78, 5) is 6.54. The molecule has 2 aromatic carbocycles. The van der Waals surface area contributed by atoms with Crippen molar-refractivity contribution in [2.45, 2.75) is 13.8 Å². The molecule has 0 spiro atoms. The van der Waals surface area contributed by atoms with Crippen LogP contribution in [0.1, 0.15) is 11.1 Å². The molecular weight excluding hydrogens is 312 g/mol. The summed E-state index contributed by atoms with van der Waals surface area (Å²) in [6, 6.07) is 14.3. The van der Waals surface area contributed by atoms with Crippen LogP contribution in [0.15, 0.2) is 48.7 Å². The molecule has 0 amide bonds. The van der Waals surface area contributed by atoms with Gasteiger partial charge in [0.1, 0.15) is 0 Å². The maximum atomic E-state index is 4.49. The van der Waals surface area contributed by atoms with E-state index in [0.717, 1.165) is 22.6 Å². The minimum atomic E-state index is 0.462. The zero-order valence-corrected chi connectivity index (χ0v) is 14.9. The van der Waals surface area contributed by atoms with Crippen LogP contribution in [0.3, 0.4) is 0 Å². The highest BCUT2D eigenvalue weighted by molar-refractivity contribution is 5.63. The van der Waals surface area contributed by atoms with Gasteiger partial charge in [0.05, 0.1) is 6.20 Å². The first-order valence-corrected chi connectivity index (χ1v) is 8.10. The van der Waals surface area contributed by atoms with Crippen LogP contribution in [-0.2, 0) is 0 Å². The standard InChI is InChI=1S/C19H22N6/c1-13-5-6-14(2)17(11-13)22-19-23-18(12-20-24-19)21-15-7-9-16(10-8-15)25(3)4/h5-12H,1-4H3,(H2,21,22,23,24). The van der Waals surface area contributed by atoms with Crippen molar-refractivity contribution >= 4 is 28.8 Å². The van der Waals surface area contributed by atoms with Gasteiger partial charge in [0.2, 0.25) is 5.95 Å². The molecule has 2 N–H and O–H groups in total. The third-order valence-corrected chi connectivity index (χ3v) is 3.85. The summed E-state index contributed by atoms with van der Waals surface area (Å²) in [5.41, 5.74) is 5.38. The molecule has 0 fully saturated rings. The molecule has 3 aromatic rings. The number of nitrogens with zero attached hydrogens (tertiary/aromatic N) is 4. The van der Waals surface area contributed by atoms with Gasteiger partial charge in [0.25, 0.3) is 0 Å². The maximum absolute atomic E-state index is 4.49. The fourth-order valence-electron chi connectivity index (χ4n) is 2.40. The number of rotatable bonds is 5. The average Bonchev–Trinajstić information content (AvgIpc) is 2.59. The molecule has 1 aromatic heterocycles. The van der Waals surface area contributed by atoms with Gasteiger partial charge in [-0.15, -0.1) is 5.10 Å². The largest absolute Gasteiger partial charge is 0.378 e. The molecule has 0 aliphatic rings. The minimum absolute atomic E-state index is 0.462. The molecule has 6 nitrogen and oxygen atoms in total. The van der Waals surface area contributed by atoms with E-state index in [-0.39, 0.29) is 0 Å². The minimum Gasteiger partial charge on any atom is -0.378 e. The third-order valence-electron chi connectivity index (χ3n) is 3.85. The van der Waals surface area contributed by atoms with Crippen molar-refractivity contribution in [3.63, 3.8) is 0 Å². The summed E-state index contributed by atoms with van der Waals surface area (Å²) in [5, 5.41) is 14.6. The van der Waals surface area contributed by atoms with E-state index in [2.05, 4.69) is 55.8 Å². The summed E-state index contributed by atoms with van der Waals surface area (Å²) in [6.45, 7) is 4.10. The number of hydrogen-bond donors (Lipinski definition) is 2. The van der Waals surface area contributed by atoms with Crippen molar-refractivity contribution in [1.29, 1.82) is 0 Å². The fourth-order valence-corrected chi connectivity index (χ4v) is 2.40. The van der Waals surface area contributed by atoms with Gasteiger partial charge in [0.15, 0.2) is 5.82 Å². The van der Waals surface area contributed by atoms with Crippen molar-refractivity contribution in [2.24, 2.45) is 0 Å². The summed E-state index contributed by atoms with van der Waals surface area (Å²) in [5.74, 6) is 1.10. The van der Waals surface area contributed by atoms with Crippen LogP contribution in [-0.4, -0.2) is 29.3 Å². The highest BCUT2D eigenvalue weighted by Crippen LogP contribution is 2.22. The number of aromatic nitrogens is 3. The predicted octanol–water partition coefficient (Wildman–Crippen LogP) is 4.04. The van der Waals surface area contributed by atoms with Gasteiger partial charge in [-0.2, -0.15) is 10.1 Å². The maximum Gasteiger partial charge on any atom is 0.249 e. The smallest absolute Gasteiger partial charge is 0.249 e. The Morgan fingerprint density at radius 1 is 0.920 bits per heavy atom. The van der Waals surface area contributed by atoms with Gasteiger partial charge < -0.3 is 15.5 Å². The first kappa shape index (κ1) is 16.7. The Morgan fingerprint density at radius 2 is 1.68 bits per heavy atom. The number of hydrogen-bond acceptors (Lipinski definition) is 6. The van der Waals surface area contributed by atoms with E-state index in [1.807, 2.05) is 45.3 Å². The van der Waals surface area contributed by atoms with Crippen LogP contribution in [0, 0.1) is 13.8 Å². The van der Waals surface area contributed by atoms with Crippen molar-refractivity contribution < 1.29 is 0 Å². The van der Waals surface area contributed by atoms with Gasteiger partial charge in [-0.25, -0.2) is 0 Å². The quantitative estimate of drug-likeness (QED) is 0.734. The van der Waals surface area contributed by atoms with E-state index in [1.165, 1.54) is 5.56 Å². The molecule has 128 valence electrons. The SMILES string of the molecule is Cc1ccc(C)c(Nc2nncc(Nc3ccc(N(C)C)cc3)n2)c1. The molecule has 0 saturated heterocycles. The third kappa shape index (κ3) is 4.23. The second kappa shape index (κ2) is 7.17. The molecule has 0 aliphatic heterocycles. The van der Waals surface area contributed by atoms with Gasteiger partial charge in [-0.05, 0) is 55.3 Å². The van der Waals surface area contributed by atoms with E-state index in [0.29, 0.717) is 11.8 Å². The zero-order valence-electron chi connectivity index (χ0n) is 14.9. The Morgan fingerprint density at radius 3 is 2.40 bits per heavy atom. The summed E-state index contributed by atoms with van der Waals surface area (Å²) in [6.07, 6.45) is 1.61. The molecule has 6 heteroatoms. The molecule has 0 saturated carbocycles. The van der Waals surface area contributed by atoms with Crippen molar-refractivity contribution in [3.05, 3.63) is 59.8 Å². The lowest BCUT2D eigenvalue weighted by Gasteiger charge is -2.13. The number of aryl methyl sites for hydroxylation is 2. The topological polar surface area (TPSA) is 66.0 Å². The van der Waals surface area contributed by atoms with Crippen LogP contribution in [0.5, 0.6) is 0 Å². The predicted molar refractivity (Wildman–Crippen MR) is 103 cm³/mol. The average molecular weight is 334 g/mol. The summed E-state index contributed by atoms with van der Waals surface area (Å²) in [7, 11) is 4.03. The van der Waals surface area contributed by atoms with E-state index in [1.54, 1.807) is 6.20 Å². The summed E-state index contributed by atoms with van der Waals surface area (Å²) >= 11 is 0. The van der Waals surface area contributed by atoms with E-state index >= 15 is 0 Å². The first-order valence-electron chi connectivity index (χ1n) is 8.10. The van der Waals surface area contributed by atoms with Crippen LogP contribution >= 0.6 is 0 Å². The lowest BCUT2D eigenvalue weighted by atomic mass is 10.1. The van der Waals surface area contributed by atoms with Gasteiger partial charge >= 0.3 is 0 Å². The van der Waals surface area contributed by atoms with Crippen molar-refractivity contribution in [1.82, 2.24) is 15.2 Å². The van der Waals surface area contributed by atoms with Crippen molar-refractivity contribution in [3.8, 4) is 0 Å². The van der Waals surface area contributed by atoms with Crippen LogP contribution in [0.2, 0.25) is 0 Å². The van der Waals surface area contributed by atoms with Gasteiger partial charge in [-0.1, -0.05) is 12.1 Å². The highest BCUT2D eigenvalue weighted by atomic mass is 15.3. The van der Waals surface area contributed by atoms with Crippen LogP contribution in [0.4, 0.5) is 28.8 Å². The molecule has 0 radical (unpaired) electrons. The second-order valence-corrected chi connectivity index (χ2v) is 6.17. The number of nitrogens with one attached hydrogen (secondary N) is 2. The molecule has 0 atom stereocenters. The zero-order chi connectivity index (χ0) is 17.8. The van der Waals surface area contributed by atoms with E-state index in [9.17, 15) is 0 Å². The highest BCUT2D eigenvalue weighted by Gasteiger charge is 2.05. The Balaban J connectivity index is 1.76. The molecule has 25 heavy (non-hydrogen) atoms. The Hall–Kier alpha value is -3.15. The molecule has 1 heterocycles. The number of anilines is 5. The summed E-state index contributed by atoms with van der Waals surface area (Å²) < 4.78 is 0. The fraction of sp³-hybridized carbons (Fsp3) is 0.211.